The number of aromatic carboxylic acids is 1. The van der Waals surface area contributed by atoms with E-state index in [0.29, 0.717) is 4.88 Å². The summed E-state index contributed by atoms with van der Waals surface area (Å²) in [5.74, 6) is -0.856. The third-order valence-corrected chi connectivity index (χ3v) is 3.45. The molecule has 2 rings (SSSR count). The highest BCUT2D eigenvalue weighted by Crippen LogP contribution is 2.31. The van der Waals surface area contributed by atoms with Gasteiger partial charge in [-0.15, -0.1) is 11.3 Å². The van der Waals surface area contributed by atoms with Gasteiger partial charge in [-0.05, 0) is 36.4 Å². The summed E-state index contributed by atoms with van der Waals surface area (Å²) in [7, 11) is 0. The summed E-state index contributed by atoms with van der Waals surface area (Å²) in [4.78, 5) is 11.5. The zero-order chi connectivity index (χ0) is 11.7. The summed E-state index contributed by atoms with van der Waals surface area (Å²) in [6, 6.07) is 7.96. The molecule has 0 bridgehead atoms. The van der Waals surface area contributed by atoms with Crippen molar-refractivity contribution in [2.75, 3.05) is 0 Å². The average molecular weight is 232 g/mol. The van der Waals surface area contributed by atoms with Gasteiger partial charge in [0.15, 0.2) is 0 Å². The highest BCUT2D eigenvalue weighted by molar-refractivity contribution is 7.12. The van der Waals surface area contributed by atoms with Crippen molar-refractivity contribution in [3.63, 3.8) is 0 Å². The van der Waals surface area contributed by atoms with E-state index in [1.165, 1.54) is 11.3 Å². The quantitative estimate of drug-likeness (QED) is 0.856. The van der Waals surface area contributed by atoms with E-state index in [1.54, 1.807) is 0 Å². The van der Waals surface area contributed by atoms with E-state index in [9.17, 15) is 4.79 Å². The number of rotatable bonds is 2. The number of aryl methyl sites for hydroxylation is 2. The predicted octanol–water partition coefficient (Wildman–Crippen LogP) is 3.73. The van der Waals surface area contributed by atoms with Gasteiger partial charge in [-0.1, -0.05) is 23.8 Å². The van der Waals surface area contributed by atoms with Crippen LogP contribution < -0.4 is 0 Å². The first-order valence-corrected chi connectivity index (χ1v) is 5.86. The first-order valence-electron chi connectivity index (χ1n) is 4.98. The fraction of sp³-hybridized carbons (Fsp3) is 0.154. The Bertz CT molecular complexity index is 541. The minimum Gasteiger partial charge on any atom is -0.477 e. The smallest absolute Gasteiger partial charge is 0.346 e. The summed E-state index contributed by atoms with van der Waals surface area (Å²) in [5, 5.41) is 10.9. The molecule has 0 aliphatic carbocycles. The molecule has 1 aromatic heterocycles. The molecular formula is C13H12O2S. The molecule has 0 atom stereocenters. The number of thiophene rings is 1. The van der Waals surface area contributed by atoms with E-state index in [-0.39, 0.29) is 0 Å². The van der Waals surface area contributed by atoms with Gasteiger partial charge in [0, 0.05) is 5.56 Å². The van der Waals surface area contributed by atoms with Crippen LogP contribution in [-0.4, -0.2) is 11.1 Å². The Hall–Kier alpha value is -1.61. The Labute approximate surface area is 98.2 Å². The van der Waals surface area contributed by atoms with Gasteiger partial charge in [-0.2, -0.15) is 0 Å². The molecule has 2 nitrogen and oxygen atoms in total. The lowest BCUT2D eigenvalue weighted by atomic mass is 9.99. The largest absolute Gasteiger partial charge is 0.477 e. The lowest BCUT2D eigenvalue weighted by Gasteiger charge is -2.06. The number of hydrogen-bond donors (Lipinski definition) is 1. The van der Waals surface area contributed by atoms with Gasteiger partial charge in [0.1, 0.15) is 4.88 Å². The van der Waals surface area contributed by atoms with E-state index in [1.807, 2.05) is 43.5 Å². The summed E-state index contributed by atoms with van der Waals surface area (Å²) in [6.45, 7) is 4.01. The zero-order valence-corrected chi connectivity index (χ0v) is 9.97. The Morgan fingerprint density at radius 1 is 1.19 bits per heavy atom. The van der Waals surface area contributed by atoms with Crippen LogP contribution in [0, 0.1) is 13.8 Å². The molecule has 3 heteroatoms. The summed E-state index contributed by atoms with van der Waals surface area (Å²) in [5.41, 5.74) is 4.08. The highest BCUT2D eigenvalue weighted by atomic mass is 32.1. The molecule has 1 heterocycles. The van der Waals surface area contributed by atoms with Crippen LogP contribution in [0.1, 0.15) is 20.8 Å². The molecule has 0 fully saturated rings. The standard InChI is InChI=1S/C13H12O2S/c1-8-3-4-9(2)11(7-8)10-5-6-16-12(10)13(14)15/h3-7H,1-2H3,(H,14,15). The number of hydrogen-bond acceptors (Lipinski definition) is 2. The summed E-state index contributed by atoms with van der Waals surface area (Å²) < 4.78 is 0. The molecule has 2 aromatic rings. The van der Waals surface area contributed by atoms with Gasteiger partial charge in [0.25, 0.3) is 0 Å². The Kier molecular flexibility index (Phi) is 2.79. The van der Waals surface area contributed by atoms with Crippen LogP contribution >= 0.6 is 11.3 Å². The number of carboxylic acids is 1. The number of carboxylic acid groups (broad SMARTS) is 1. The van der Waals surface area contributed by atoms with Gasteiger partial charge in [-0.3, -0.25) is 0 Å². The molecule has 1 N–H and O–H groups in total. The van der Waals surface area contributed by atoms with E-state index in [0.717, 1.165) is 22.3 Å². The van der Waals surface area contributed by atoms with Crippen LogP contribution in [0.3, 0.4) is 0 Å². The Morgan fingerprint density at radius 3 is 2.62 bits per heavy atom. The summed E-state index contributed by atoms with van der Waals surface area (Å²) in [6.07, 6.45) is 0. The lowest BCUT2D eigenvalue weighted by molar-refractivity contribution is 0.0703. The molecule has 0 unspecified atom stereocenters. The van der Waals surface area contributed by atoms with Gasteiger partial charge in [0.05, 0.1) is 0 Å². The molecule has 1 aromatic carbocycles. The van der Waals surface area contributed by atoms with Crippen molar-refractivity contribution in [2.24, 2.45) is 0 Å². The van der Waals surface area contributed by atoms with Crippen molar-refractivity contribution in [1.29, 1.82) is 0 Å². The number of benzene rings is 1. The van der Waals surface area contributed by atoms with Crippen LogP contribution in [0.5, 0.6) is 0 Å². The molecule has 16 heavy (non-hydrogen) atoms. The third-order valence-electron chi connectivity index (χ3n) is 2.54. The van der Waals surface area contributed by atoms with Gasteiger partial charge in [0.2, 0.25) is 0 Å². The molecule has 0 saturated carbocycles. The van der Waals surface area contributed by atoms with Gasteiger partial charge < -0.3 is 5.11 Å². The maximum absolute atomic E-state index is 11.1. The fourth-order valence-electron chi connectivity index (χ4n) is 1.71. The average Bonchev–Trinajstić information content (AvgIpc) is 2.70. The monoisotopic (exact) mass is 232 g/mol. The van der Waals surface area contributed by atoms with Crippen molar-refractivity contribution >= 4 is 17.3 Å². The minimum absolute atomic E-state index is 0.411. The Morgan fingerprint density at radius 2 is 1.94 bits per heavy atom. The highest BCUT2D eigenvalue weighted by Gasteiger charge is 2.14. The van der Waals surface area contributed by atoms with E-state index >= 15 is 0 Å². The van der Waals surface area contributed by atoms with Crippen LogP contribution in [-0.2, 0) is 0 Å². The van der Waals surface area contributed by atoms with Crippen molar-refractivity contribution in [1.82, 2.24) is 0 Å². The second-order valence-corrected chi connectivity index (χ2v) is 4.70. The van der Waals surface area contributed by atoms with E-state index < -0.39 is 5.97 Å². The van der Waals surface area contributed by atoms with E-state index in [2.05, 4.69) is 0 Å². The summed E-state index contributed by atoms with van der Waals surface area (Å²) >= 11 is 1.27. The van der Waals surface area contributed by atoms with Gasteiger partial charge >= 0.3 is 5.97 Å². The molecule has 0 spiro atoms. The molecule has 0 aliphatic rings. The molecular weight excluding hydrogens is 220 g/mol. The third kappa shape index (κ3) is 1.86. The van der Waals surface area contributed by atoms with Crippen molar-refractivity contribution in [2.45, 2.75) is 13.8 Å². The zero-order valence-electron chi connectivity index (χ0n) is 9.15. The fourth-order valence-corrected chi connectivity index (χ4v) is 2.46. The molecule has 0 radical (unpaired) electrons. The van der Waals surface area contributed by atoms with E-state index in [4.69, 9.17) is 5.11 Å². The van der Waals surface area contributed by atoms with Crippen molar-refractivity contribution in [3.05, 3.63) is 45.6 Å². The predicted molar refractivity (Wildman–Crippen MR) is 66.2 cm³/mol. The van der Waals surface area contributed by atoms with Crippen molar-refractivity contribution in [3.8, 4) is 11.1 Å². The topological polar surface area (TPSA) is 37.3 Å². The minimum atomic E-state index is -0.856. The Balaban J connectivity index is 2.62. The normalized spacial score (nSPS) is 10.4. The molecule has 0 amide bonds. The first kappa shape index (κ1) is 10.9. The van der Waals surface area contributed by atoms with Crippen LogP contribution in [0.15, 0.2) is 29.6 Å². The van der Waals surface area contributed by atoms with Crippen LogP contribution in [0.2, 0.25) is 0 Å². The maximum Gasteiger partial charge on any atom is 0.346 e. The first-order chi connectivity index (χ1) is 7.59. The maximum atomic E-state index is 11.1. The van der Waals surface area contributed by atoms with Gasteiger partial charge in [-0.25, -0.2) is 4.79 Å². The molecule has 82 valence electrons. The second-order valence-electron chi connectivity index (χ2n) is 3.79. The van der Waals surface area contributed by atoms with Crippen molar-refractivity contribution < 1.29 is 9.90 Å². The molecule has 0 aliphatic heterocycles. The lowest BCUT2D eigenvalue weighted by Crippen LogP contribution is -1.95. The SMILES string of the molecule is Cc1ccc(C)c(-c2ccsc2C(=O)O)c1. The van der Waals surface area contributed by atoms with Crippen LogP contribution in [0.25, 0.3) is 11.1 Å². The number of carbonyl (C=O) groups is 1. The molecule has 0 saturated heterocycles. The second kappa shape index (κ2) is 4.10. The van der Waals surface area contributed by atoms with Crippen LogP contribution in [0.4, 0.5) is 0 Å².